The summed E-state index contributed by atoms with van der Waals surface area (Å²) in [4.78, 5) is 4.59. The van der Waals surface area contributed by atoms with Crippen LogP contribution in [0.3, 0.4) is 0 Å². The fraction of sp³-hybridized carbons (Fsp3) is 0.250. The summed E-state index contributed by atoms with van der Waals surface area (Å²) in [5.41, 5.74) is 5.87. The summed E-state index contributed by atoms with van der Waals surface area (Å²) in [5, 5.41) is 2.94. The number of nitrogens with one attached hydrogen (secondary N) is 1. The summed E-state index contributed by atoms with van der Waals surface area (Å²) in [5.74, 6) is 0. The molecule has 0 fully saturated rings. The molecule has 21 heavy (non-hydrogen) atoms. The first-order valence-electron chi connectivity index (χ1n) is 6.90. The number of halogens is 1. The molecule has 0 spiro atoms. The van der Waals surface area contributed by atoms with Crippen LogP contribution in [0.25, 0.3) is 0 Å². The number of likely N-dealkylation sites (N-methyl/N-ethyl adjacent to an activating group) is 1. The van der Waals surface area contributed by atoms with E-state index in [1.54, 1.807) is 11.8 Å². The first-order valence-corrected chi connectivity index (χ1v) is 8.09. The van der Waals surface area contributed by atoms with Crippen molar-refractivity contribution in [2.75, 3.05) is 32.2 Å². The number of fused-ring (bicyclic) bond motifs is 2. The molecule has 0 aromatic heterocycles. The standard InChI is InChI=1S/C16H18ClN3S/c1-19(2)10-9-18-20-13-5-3-4-6-15(13)21-16-11-12(17)7-8-14(16)20/h3-8,11,18H,9-10H2,1-2H3. The van der Waals surface area contributed by atoms with Gasteiger partial charge >= 0.3 is 0 Å². The van der Waals surface area contributed by atoms with E-state index in [4.69, 9.17) is 11.6 Å². The monoisotopic (exact) mass is 319 g/mol. The summed E-state index contributed by atoms with van der Waals surface area (Å²) in [6.45, 7) is 1.86. The molecule has 3 nitrogen and oxygen atoms in total. The molecule has 0 amide bonds. The summed E-state index contributed by atoms with van der Waals surface area (Å²) in [7, 11) is 4.16. The lowest BCUT2D eigenvalue weighted by Gasteiger charge is -2.33. The third-order valence-electron chi connectivity index (χ3n) is 3.32. The van der Waals surface area contributed by atoms with Crippen molar-refractivity contribution in [1.82, 2.24) is 10.3 Å². The molecular formula is C16H18ClN3S. The first kappa shape index (κ1) is 14.7. The Hall–Kier alpha value is -1.20. The van der Waals surface area contributed by atoms with Crippen LogP contribution in [-0.2, 0) is 0 Å². The lowest BCUT2D eigenvalue weighted by molar-refractivity contribution is 0.401. The van der Waals surface area contributed by atoms with Gasteiger partial charge in [0, 0.05) is 27.9 Å². The highest BCUT2D eigenvalue weighted by atomic mass is 35.5. The second-order valence-corrected chi connectivity index (χ2v) is 6.75. The van der Waals surface area contributed by atoms with Crippen molar-refractivity contribution in [1.29, 1.82) is 0 Å². The van der Waals surface area contributed by atoms with E-state index in [1.807, 2.05) is 12.1 Å². The summed E-state index contributed by atoms with van der Waals surface area (Å²) in [6, 6.07) is 14.5. The highest BCUT2D eigenvalue weighted by Crippen LogP contribution is 2.47. The number of para-hydroxylation sites is 1. The lowest BCUT2D eigenvalue weighted by atomic mass is 10.2. The zero-order valence-corrected chi connectivity index (χ0v) is 13.7. The minimum Gasteiger partial charge on any atom is -0.308 e. The number of nitrogens with zero attached hydrogens (tertiary/aromatic N) is 2. The van der Waals surface area contributed by atoms with Crippen LogP contribution in [0, 0.1) is 0 Å². The molecule has 0 atom stereocenters. The molecular weight excluding hydrogens is 302 g/mol. The Morgan fingerprint density at radius 2 is 1.86 bits per heavy atom. The van der Waals surface area contributed by atoms with Crippen LogP contribution in [-0.4, -0.2) is 32.1 Å². The molecule has 0 saturated carbocycles. The third-order valence-corrected chi connectivity index (χ3v) is 4.66. The Labute approximate surface area is 134 Å². The summed E-state index contributed by atoms with van der Waals surface area (Å²) in [6.07, 6.45) is 0. The van der Waals surface area contributed by atoms with Crippen LogP contribution in [0.5, 0.6) is 0 Å². The van der Waals surface area contributed by atoms with Crippen LogP contribution in [0.2, 0.25) is 5.02 Å². The van der Waals surface area contributed by atoms with E-state index in [2.05, 4.69) is 59.8 Å². The van der Waals surface area contributed by atoms with Crippen molar-refractivity contribution in [2.24, 2.45) is 0 Å². The molecule has 0 radical (unpaired) electrons. The van der Waals surface area contributed by atoms with Gasteiger partial charge in [-0.3, -0.25) is 5.01 Å². The smallest absolute Gasteiger partial charge is 0.0718 e. The molecule has 3 rings (SSSR count). The maximum atomic E-state index is 6.14. The third kappa shape index (κ3) is 3.19. The van der Waals surface area contributed by atoms with Crippen LogP contribution >= 0.6 is 23.4 Å². The van der Waals surface area contributed by atoms with Gasteiger partial charge < -0.3 is 4.90 Å². The van der Waals surface area contributed by atoms with Gasteiger partial charge in [0.2, 0.25) is 0 Å². The van der Waals surface area contributed by atoms with E-state index in [-0.39, 0.29) is 0 Å². The van der Waals surface area contributed by atoms with E-state index in [0.717, 1.165) is 23.8 Å². The topological polar surface area (TPSA) is 18.5 Å². The SMILES string of the molecule is CN(C)CCNN1c2ccccc2Sc2cc(Cl)ccc21. The fourth-order valence-electron chi connectivity index (χ4n) is 2.29. The van der Waals surface area contributed by atoms with Crippen molar-refractivity contribution in [2.45, 2.75) is 9.79 Å². The Kier molecular flexibility index (Phi) is 4.40. The van der Waals surface area contributed by atoms with Crippen molar-refractivity contribution in [3.05, 3.63) is 47.5 Å². The molecule has 0 unspecified atom stereocenters. The quantitative estimate of drug-likeness (QED) is 0.917. The van der Waals surface area contributed by atoms with Gasteiger partial charge in [-0.15, -0.1) is 0 Å². The van der Waals surface area contributed by atoms with Crippen LogP contribution in [0.4, 0.5) is 11.4 Å². The number of hydrogen-bond donors (Lipinski definition) is 1. The largest absolute Gasteiger partial charge is 0.308 e. The molecule has 0 saturated heterocycles. The van der Waals surface area contributed by atoms with E-state index in [9.17, 15) is 0 Å². The zero-order valence-electron chi connectivity index (χ0n) is 12.1. The Morgan fingerprint density at radius 1 is 1.10 bits per heavy atom. The van der Waals surface area contributed by atoms with E-state index < -0.39 is 0 Å². The van der Waals surface area contributed by atoms with Crippen LogP contribution in [0.1, 0.15) is 0 Å². The summed E-state index contributed by atoms with van der Waals surface area (Å²) < 4.78 is 0. The van der Waals surface area contributed by atoms with E-state index >= 15 is 0 Å². The average molecular weight is 320 g/mol. The maximum absolute atomic E-state index is 6.14. The highest BCUT2D eigenvalue weighted by molar-refractivity contribution is 7.99. The van der Waals surface area contributed by atoms with E-state index in [1.165, 1.54) is 15.5 Å². The van der Waals surface area contributed by atoms with Gasteiger partial charge in [0.15, 0.2) is 0 Å². The molecule has 0 aliphatic carbocycles. The minimum atomic E-state index is 0.772. The molecule has 0 bridgehead atoms. The zero-order chi connectivity index (χ0) is 14.8. The van der Waals surface area contributed by atoms with Gasteiger partial charge in [-0.05, 0) is 44.4 Å². The van der Waals surface area contributed by atoms with Crippen LogP contribution < -0.4 is 10.4 Å². The first-order chi connectivity index (χ1) is 10.1. The Balaban J connectivity index is 1.94. The molecule has 5 heteroatoms. The molecule has 2 aromatic carbocycles. The minimum absolute atomic E-state index is 0.772. The molecule has 1 heterocycles. The normalized spacial score (nSPS) is 13.2. The average Bonchev–Trinajstić information content (AvgIpc) is 2.46. The number of rotatable bonds is 4. The molecule has 1 N–H and O–H groups in total. The summed E-state index contributed by atoms with van der Waals surface area (Å²) >= 11 is 7.90. The van der Waals surface area contributed by atoms with Gasteiger partial charge in [-0.1, -0.05) is 35.5 Å². The van der Waals surface area contributed by atoms with Crippen LogP contribution in [0.15, 0.2) is 52.3 Å². The van der Waals surface area contributed by atoms with Crippen molar-refractivity contribution in [3.8, 4) is 0 Å². The van der Waals surface area contributed by atoms with Gasteiger partial charge in [0.1, 0.15) is 0 Å². The second kappa shape index (κ2) is 6.28. The maximum Gasteiger partial charge on any atom is 0.0718 e. The van der Waals surface area contributed by atoms with Gasteiger partial charge in [-0.25, -0.2) is 5.43 Å². The Bertz CT molecular complexity index is 645. The van der Waals surface area contributed by atoms with Crippen molar-refractivity contribution >= 4 is 34.7 Å². The number of benzene rings is 2. The highest BCUT2D eigenvalue weighted by Gasteiger charge is 2.23. The fourth-order valence-corrected chi connectivity index (χ4v) is 3.62. The molecule has 1 aliphatic rings. The number of hydrogen-bond acceptors (Lipinski definition) is 4. The predicted octanol–water partition coefficient (Wildman–Crippen LogP) is 4.01. The Morgan fingerprint density at radius 3 is 2.67 bits per heavy atom. The van der Waals surface area contributed by atoms with Crippen molar-refractivity contribution in [3.63, 3.8) is 0 Å². The van der Waals surface area contributed by atoms with Gasteiger partial charge in [0.05, 0.1) is 11.4 Å². The molecule has 2 aromatic rings. The van der Waals surface area contributed by atoms with Gasteiger partial charge in [-0.2, -0.15) is 0 Å². The number of anilines is 2. The second-order valence-electron chi connectivity index (χ2n) is 5.23. The number of hydrazine groups is 1. The molecule has 1 aliphatic heterocycles. The molecule has 110 valence electrons. The lowest BCUT2D eigenvalue weighted by Crippen LogP contribution is -2.39. The van der Waals surface area contributed by atoms with Gasteiger partial charge in [0.25, 0.3) is 0 Å². The predicted molar refractivity (Wildman–Crippen MR) is 90.7 cm³/mol. The van der Waals surface area contributed by atoms with E-state index in [0.29, 0.717) is 0 Å². The van der Waals surface area contributed by atoms with Crippen molar-refractivity contribution < 1.29 is 0 Å².